The maximum atomic E-state index is 12.0. The van der Waals surface area contributed by atoms with Crippen LogP contribution in [-0.2, 0) is 24.8 Å². The highest BCUT2D eigenvalue weighted by Gasteiger charge is 2.34. The number of aliphatic carboxylic acids is 1. The first-order valence-corrected chi connectivity index (χ1v) is 10.6. The number of hydrogen-bond donors (Lipinski definition) is 6. The van der Waals surface area contributed by atoms with Crippen LogP contribution in [0.2, 0.25) is 0 Å². The van der Waals surface area contributed by atoms with E-state index in [-0.39, 0.29) is 25.2 Å². The maximum Gasteiger partial charge on any atom is 0.331 e. The van der Waals surface area contributed by atoms with Gasteiger partial charge >= 0.3 is 22.8 Å². The van der Waals surface area contributed by atoms with E-state index in [0.717, 1.165) is 0 Å². The van der Waals surface area contributed by atoms with E-state index in [2.05, 4.69) is 14.4 Å². The zero-order valence-electron chi connectivity index (χ0n) is 14.8. The summed E-state index contributed by atoms with van der Waals surface area (Å²) in [5, 5.41) is 21.2. The number of unbranched alkanes of at least 4 members (excludes halogenated alkanes) is 2. The average molecular weight is 439 g/mol. The van der Waals surface area contributed by atoms with Gasteiger partial charge < -0.3 is 30.2 Å². The Kier molecular flexibility index (Phi) is 10.7. The van der Waals surface area contributed by atoms with Gasteiger partial charge in [0, 0.05) is 18.5 Å². The van der Waals surface area contributed by atoms with Crippen LogP contribution in [0.5, 0.6) is 0 Å². The topological polar surface area (TPSA) is 183 Å². The monoisotopic (exact) mass is 439 g/mol. The van der Waals surface area contributed by atoms with Crippen LogP contribution in [0, 0.1) is 0 Å². The van der Waals surface area contributed by atoms with Crippen molar-refractivity contribution in [2.24, 2.45) is 0 Å². The molecule has 28 heavy (non-hydrogen) atoms. The average Bonchev–Trinajstić information content (AvgIpc) is 2.56. The fraction of sp³-hybridized carbons (Fsp3) is 0.467. The van der Waals surface area contributed by atoms with Gasteiger partial charge in [-0.15, -0.1) is 0 Å². The number of carboxylic acid groups (broad SMARTS) is 1. The van der Waals surface area contributed by atoms with E-state index in [0.29, 0.717) is 30.5 Å². The van der Waals surface area contributed by atoms with Crippen LogP contribution in [-0.4, -0.2) is 49.3 Å². The largest absolute Gasteiger partial charge is 0.481 e. The smallest absolute Gasteiger partial charge is 0.331 e. The summed E-state index contributed by atoms with van der Waals surface area (Å²) in [7, 11) is -6.55. The first kappa shape index (κ1) is 24.6. The molecule has 13 heteroatoms. The normalized spacial score (nSPS) is 14.5. The van der Waals surface area contributed by atoms with E-state index < -0.39 is 28.8 Å². The SMILES string of the molecule is O=C(O)Cc1ccc(C(=O)NCCCCCC(O)(OP(O)O)O[PH](=O)O)cc1. The fourth-order valence-electron chi connectivity index (χ4n) is 2.28. The van der Waals surface area contributed by atoms with Gasteiger partial charge in [0.25, 0.3) is 11.9 Å². The Balaban J connectivity index is 2.33. The van der Waals surface area contributed by atoms with Crippen molar-refractivity contribution in [3.63, 3.8) is 0 Å². The summed E-state index contributed by atoms with van der Waals surface area (Å²) >= 11 is 0. The Bertz CT molecular complexity index is 669. The van der Waals surface area contributed by atoms with Gasteiger partial charge in [0.2, 0.25) is 0 Å². The molecule has 0 radical (unpaired) electrons. The lowest BCUT2D eigenvalue weighted by molar-refractivity contribution is -0.279. The molecule has 11 nitrogen and oxygen atoms in total. The molecule has 158 valence electrons. The van der Waals surface area contributed by atoms with Crippen molar-refractivity contribution in [3.8, 4) is 0 Å². The molecule has 1 aromatic rings. The molecular weight excluding hydrogens is 416 g/mol. The Labute approximate surface area is 162 Å². The summed E-state index contributed by atoms with van der Waals surface area (Å²) in [5.41, 5.74) is 0.971. The number of amides is 1. The molecule has 1 aromatic carbocycles. The molecule has 0 fully saturated rings. The number of carboxylic acids is 1. The second-order valence-electron chi connectivity index (χ2n) is 5.76. The third-order valence-electron chi connectivity index (χ3n) is 3.50. The van der Waals surface area contributed by atoms with Gasteiger partial charge in [0.05, 0.1) is 6.42 Å². The molecule has 0 saturated heterocycles. The summed E-state index contributed by atoms with van der Waals surface area (Å²) in [4.78, 5) is 48.9. The number of aliphatic hydroxyl groups is 1. The molecule has 0 bridgehead atoms. The van der Waals surface area contributed by atoms with Crippen molar-refractivity contribution in [1.82, 2.24) is 5.32 Å². The standard InChI is InChI=1S/C15H23NO10P2/c17-13(18)10-11-4-6-12(7-5-11)14(19)16-9-3-1-2-8-15(20,25-27(21)22)26-28(23)24/h4-7,20-22,28H,1-3,8-10H2,(H,16,19)(H,17,18)(H,23,24). The number of carbonyl (C=O) groups is 2. The van der Waals surface area contributed by atoms with E-state index in [4.69, 9.17) is 19.8 Å². The van der Waals surface area contributed by atoms with Crippen LogP contribution >= 0.6 is 16.9 Å². The second kappa shape index (κ2) is 12.2. The summed E-state index contributed by atoms with van der Waals surface area (Å²) in [6.45, 7) is 0.319. The third kappa shape index (κ3) is 10.2. The molecule has 0 aliphatic carbocycles. The zero-order chi connectivity index (χ0) is 21.2. The van der Waals surface area contributed by atoms with Crippen molar-refractivity contribution >= 4 is 28.7 Å². The Morgan fingerprint density at radius 2 is 1.79 bits per heavy atom. The number of rotatable bonds is 13. The van der Waals surface area contributed by atoms with Gasteiger partial charge in [-0.1, -0.05) is 18.6 Å². The highest BCUT2D eigenvalue weighted by molar-refractivity contribution is 7.39. The summed E-state index contributed by atoms with van der Waals surface area (Å²) in [5.74, 6) is -3.85. The molecule has 2 atom stereocenters. The molecule has 2 unspecified atom stereocenters. The van der Waals surface area contributed by atoms with Gasteiger partial charge in [-0.05, 0) is 30.5 Å². The molecule has 1 rings (SSSR count). The van der Waals surface area contributed by atoms with Crippen LogP contribution in [0.25, 0.3) is 0 Å². The van der Waals surface area contributed by atoms with Crippen LogP contribution < -0.4 is 5.32 Å². The molecule has 0 heterocycles. The molecule has 1 amide bonds. The van der Waals surface area contributed by atoms with E-state index in [1.165, 1.54) is 12.1 Å². The second-order valence-corrected chi connectivity index (χ2v) is 7.18. The lowest BCUT2D eigenvalue weighted by Gasteiger charge is -2.26. The van der Waals surface area contributed by atoms with Gasteiger partial charge in [-0.3, -0.25) is 23.2 Å². The number of hydrogen-bond acceptors (Lipinski definition) is 8. The third-order valence-corrected chi connectivity index (χ3v) is 4.44. The van der Waals surface area contributed by atoms with Crippen molar-refractivity contribution in [2.45, 2.75) is 38.1 Å². The molecule has 0 aliphatic heterocycles. The summed E-state index contributed by atoms with van der Waals surface area (Å²) in [6, 6.07) is 6.19. The first-order valence-electron chi connectivity index (χ1n) is 8.21. The van der Waals surface area contributed by atoms with Crippen LogP contribution in [0.4, 0.5) is 0 Å². The quantitative estimate of drug-likeness (QED) is 0.147. The molecule has 0 aliphatic rings. The van der Waals surface area contributed by atoms with Crippen molar-refractivity contribution < 1.29 is 48.1 Å². The van der Waals surface area contributed by atoms with Gasteiger partial charge in [-0.2, -0.15) is 0 Å². The van der Waals surface area contributed by atoms with E-state index in [9.17, 15) is 19.3 Å². The lowest BCUT2D eigenvalue weighted by atomic mass is 10.1. The van der Waals surface area contributed by atoms with Gasteiger partial charge in [0.1, 0.15) is 0 Å². The minimum Gasteiger partial charge on any atom is -0.481 e. The summed E-state index contributed by atoms with van der Waals surface area (Å²) in [6.07, 6.45) is 0.854. The van der Waals surface area contributed by atoms with Crippen molar-refractivity contribution in [3.05, 3.63) is 35.4 Å². The Morgan fingerprint density at radius 1 is 1.14 bits per heavy atom. The van der Waals surface area contributed by atoms with Crippen molar-refractivity contribution in [1.29, 1.82) is 0 Å². The van der Waals surface area contributed by atoms with E-state index >= 15 is 0 Å². The van der Waals surface area contributed by atoms with Gasteiger partial charge in [0.15, 0.2) is 0 Å². The van der Waals surface area contributed by atoms with E-state index in [1.807, 2.05) is 0 Å². The Morgan fingerprint density at radius 3 is 2.32 bits per heavy atom. The first-order chi connectivity index (χ1) is 13.1. The molecule has 0 saturated carbocycles. The molecule has 0 aromatic heterocycles. The van der Waals surface area contributed by atoms with Gasteiger partial charge in [-0.25, -0.2) is 0 Å². The predicted octanol–water partition coefficient (Wildman–Crippen LogP) is 0.877. The zero-order valence-corrected chi connectivity index (χ0v) is 16.7. The minimum atomic E-state index is -3.56. The Hall–Kier alpha value is -1.42. The maximum absolute atomic E-state index is 12.0. The molecular formula is C15H23NO10P2. The van der Waals surface area contributed by atoms with Crippen LogP contribution in [0.3, 0.4) is 0 Å². The van der Waals surface area contributed by atoms with Crippen LogP contribution in [0.1, 0.15) is 41.6 Å². The number of benzene rings is 1. The predicted molar refractivity (Wildman–Crippen MR) is 98.3 cm³/mol. The molecule has 0 spiro atoms. The number of nitrogens with one attached hydrogen (secondary N) is 1. The van der Waals surface area contributed by atoms with Crippen LogP contribution in [0.15, 0.2) is 24.3 Å². The lowest BCUT2D eigenvalue weighted by Crippen LogP contribution is -2.32. The highest BCUT2D eigenvalue weighted by Crippen LogP contribution is 2.39. The van der Waals surface area contributed by atoms with E-state index in [1.54, 1.807) is 12.1 Å². The van der Waals surface area contributed by atoms with Crippen molar-refractivity contribution in [2.75, 3.05) is 6.54 Å². The highest BCUT2D eigenvalue weighted by atomic mass is 31.2. The minimum absolute atomic E-state index is 0.124. The summed E-state index contributed by atoms with van der Waals surface area (Å²) < 4.78 is 19.4. The fourth-order valence-corrected chi connectivity index (χ4v) is 3.15. The number of carbonyl (C=O) groups excluding carboxylic acids is 1. The molecule has 6 N–H and O–H groups in total.